The first-order valence-electron chi connectivity index (χ1n) is 4.85. The first-order chi connectivity index (χ1) is 7.06. The van der Waals surface area contributed by atoms with E-state index in [1.165, 1.54) is 6.39 Å². The zero-order valence-corrected chi connectivity index (χ0v) is 9.20. The van der Waals surface area contributed by atoms with Crippen molar-refractivity contribution in [3.63, 3.8) is 0 Å². The van der Waals surface area contributed by atoms with Crippen LogP contribution in [0.4, 0.5) is 0 Å². The number of carbonyl (C=O) groups excluding carboxylic acids is 1. The lowest BCUT2D eigenvalue weighted by atomic mass is 10.0. The molecular formula is C9H16N4O2. The average molecular weight is 212 g/mol. The Bertz CT molecular complexity index is 308. The van der Waals surface area contributed by atoms with Crippen LogP contribution < -0.4 is 10.6 Å². The van der Waals surface area contributed by atoms with Gasteiger partial charge in [0.05, 0.1) is 12.1 Å². The summed E-state index contributed by atoms with van der Waals surface area (Å²) in [6.45, 7) is 6.62. The van der Waals surface area contributed by atoms with E-state index in [9.17, 15) is 4.79 Å². The highest BCUT2D eigenvalue weighted by Crippen LogP contribution is 2.01. The molecule has 0 radical (unpaired) electrons. The summed E-state index contributed by atoms with van der Waals surface area (Å²) in [6.07, 6.45) is 1.23. The Morgan fingerprint density at radius 3 is 2.87 bits per heavy atom. The molecule has 0 fully saturated rings. The molecule has 0 saturated carbocycles. The number of likely N-dealkylation sites (N-methyl/N-ethyl adjacent to an activating group) is 1. The standard InChI is InChI=1S/C9H16N4O2/c1-4-12-9(2,3)8(14)10-5-7-11-6-15-13-7/h6,12H,4-5H2,1-3H3,(H,10,14). The second kappa shape index (κ2) is 4.88. The van der Waals surface area contributed by atoms with Gasteiger partial charge in [-0.25, -0.2) is 0 Å². The van der Waals surface area contributed by atoms with Crippen LogP contribution in [0.2, 0.25) is 0 Å². The summed E-state index contributed by atoms with van der Waals surface area (Å²) in [5.74, 6) is 0.379. The fraction of sp³-hybridized carbons (Fsp3) is 0.667. The molecule has 1 heterocycles. The summed E-state index contributed by atoms with van der Waals surface area (Å²) >= 11 is 0. The molecule has 6 heteroatoms. The molecule has 1 amide bonds. The molecule has 1 aromatic heterocycles. The molecule has 0 unspecified atom stereocenters. The van der Waals surface area contributed by atoms with Crippen LogP contribution in [0.5, 0.6) is 0 Å². The summed E-state index contributed by atoms with van der Waals surface area (Å²) < 4.78 is 4.55. The molecule has 0 saturated heterocycles. The zero-order valence-electron chi connectivity index (χ0n) is 9.20. The van der Waals surface area contributed by atoms with Crippen molar-refractivity contribution in [1.29, 1.82) is 0 Å². The molecule has 0 bridgehead atoms. The summed E-state index contributed by atoms with van der Waals surface area (Å²) in [6, 6.07) is 0. The van der Waals surface area contributed by atoms with Crippen molar-refractivity contribution < 1.29 is 9.32 Å². The van der Waals surface area contributed by atoms with Gasteiger partial charge in [0, 0.05) is 0 Å². The number of nitrogens with zero attached hydrogens (tertiary/aromatic N) is 2. The van der Waals surface area contributed by atoms with E-state index in [1.807, 2.05) is 20.8 Å². The van der Waals surface area contributed by atoms with Crippen molar-refractivity contribution in [3.8, 4) is 0 Å². The van der Waals surface area contributed by atoms with Gasteiger partial charge in [0.25, 0.3) is 0 Å². The van der Waals surface area contributed by atoms with E-state index in [0.717, 1.165) is 6.54 Å². The van der Waals surface area contributed by atoms with Crippen molar-refractivity contribution >= 4 is 5.91 Å². The maximum atomic E-state index is 11.7. The number of aromatic nitrogens is 2. The lowest BCUT2D eigenvalue weighted by molar-refractivity contribution is -0.126. The first-order valence-corrected chi connectivity index (χ1v) is 4.85. The van der Waals surface area contributed by atoms with Crippen molar-refractivity contribution in [2.24, 2.45) is 0 Å². The molecule has 0 aliphatic heterocycles. The minimum Gasteiger partial charge on any atom is -0.347 e. The van der Waals surface area contributed by atoms with Gasteiger partial charge in [-0.15, -0.1) is 0 Å². The van der Waals surface area contributed by atoms with E-state index < -0.39 is 5.54 Å². The summed E-state index contributed by atoms with van der Waals surface area (Å²) in [4.78, 5) is 15.5. The summed E-state index contributed by atoms with van der Waals surface area (Å²) in [7, 11) is 0. The number of rotatable bonds is 5. The number of hydrogen-bond acceptors (Lipinski definition) is 5. The van der Waals surface area contributed by atoms with Crippen molar-refractivity contribution in [3.05, 3.63) is 12.2 Å². The molecule has 0 aliphatic rings. The monoisotopic (exact) mass is 212 g/mol. The smallest absolute Gasteiger partial charge is 0.240 e. The first kappa shape index (κ1) is 11.6. The van der Waals surface area contributed by atoms with Gasteiger partial charge in [0.1, 0.15) is 0 Å². The number of nitrogens with one attached hydrogen (secondary N) is 2. The van der Waals surface area contributed by atoms with Gasteiger partial charge in [0.15, 0.2) is 5.82 Å². The summed E-state index contributed by atoms with van der Waals surface area (Å²) in [5, 5.41) is 9.39. The third-order valence-corrected chi connectivity index (χ3v) is 2.00. The Hall–Kier alpha value is -1.43. The van der Waals surface area contributed by atoms with E-state index in [2.05, 4.69) is 25.3 Å². The second-order valence-corrected chi connectivity index (χ2v) is 3.69. The largest absolute Gasteiger partial charge is 0.347 e. The fourth-order valence-corrected chi connectivity index (χ4v) is 1.17. The van der Waals surface area contributed by atoms with Crippen molar-refractivity contribution in [1.82, 2.24) is 20.8 Å². The minimum absolute atomic E-state index is 0.0887. The zero-order chi connectivity index (χ0) is 11.3. The lowest BCUT2D eigenvalue weighted by Crippen LogP contribution is -2.52. The van der Waals surface area contributed by atoms with E-state index in [1.54, 1.807) is 0 Å². The van der Waals surface area contributed by atoms with Gasteiger partial charge in [-0.2, -0.15) is 4.98 Å². The molecule has 0 spiro atoms. The average Bonchev–Trinajstić information content (AvgIpc) is 2.66. The molecule has 0 aliphatic carbocycles. The van der Waals surface area contributed by atoms with Gasteiger partial charge in [-0.3, -0.25) is 4.79 Å². The van der Waals surface area contributed by atoms with Crippen LogP contribution in [0.3, 0.4) is 0 Å². The highest BCUT2D eigenvalue weighted by Gasteiger charge is 2.25. The van der Waals surface area contributed by atoms with E-state index in [4.69, 9.17) is 0 Å². The van der Waals surface area contributed by atoms with Crippen LogP contribution in [0, 0.1) is 0 Å². The molecule has 6 nitrogen and oxygen atoms in total. The third-order valence-electron chi connectivity index (χ3n) is 2.00. The van der Waals surface area contributed by atoms with E-state index >= 15 is 0 Å². The molecule has 2 N–H and O–H groups in total. The normalized spacial score (nSPS) is 11.4. The van der Waals surface area contributed by atoms with Gasteiger partial charge < -0.3 is 15.2 Å². The van der Waals surface area contributed by atoms with Crippen molar-refractivity contribution in [2.45, 2.75) is 32.9 Å². The van der Waals surface area contributed by atoms with E-state index in [0.29, 0.717) is 5.82 Å². The molecule has 0 aromatic carbocycles. The summed E-state index contributed by atoms with van der Waals surface area (Å²) in [5.41, 5.74) is -0.585. The Morgan fingerprint density at radius 2 is 2.33 bits per heavy atom. The fourth-order valence-electron chi connectivity index (χ4n) is 1.17. The maximum absolute atomic E-state index is 11.7. The SMILES string of the molecule is CCNC(C)(C)C(=O)NCc1ncon1. The van der Waals surface area contributed by atoms with Crippen LogP contribution in [0.1, 0.15) is 26.6 Å². The Labute approximate surface area is 88.4 Å². The van der Waals surface area contributed by atoms with Gasteiger partial charge in [-0.1, -0.05) is 12.1 Å². The Morgan fingerprint density at radius 1 is 1.60 bits per heavy atom. The van der Waals surface area contributed by atoms with Gasteiger partial charge in [-0.05, 0) is 20.4 Å². The molecule has 84 valence electrons. The molecular weight excluding hydrogens is 196 g/mol. The molecule has 1 rings (SSSR count). The number of amides is 1. The number of hydrogen-bond donors (Lipinski definition) is 2. The lowest BCUT2D eigenvalue weighted by Gasteiger charge is -2.23. The topological polar surface area (TPSA) is 80.0 Å². The van der Waals surface area contributed by atoms with Gasteiger partial charge >= 0.3 is 0 Å². The molecule has 15 heavy (non-hydrogen) atoms. The van der Waals surface area contributed by atoms with Gasteiger partial charge in [0.2, 0.25) is 12.3 Å². The third kappa shape index (κ3) is 3.32. The predicted octanol–water partition coefficient (Wildman–Crippen LogP) is 0.0739. The van der Waals surface area contributed by atoms with Crippen LogP contribution in [-0.4, -0.2) is 28.1 Å². The highest BCUT2D eigenvalue weighted by molar-refractivity contribution is 5.85. The highest BCUT2D eigenvalue weighted by atomic mass is 16.5. The van der Waals surface area contributed by atoms with Crippen LogP contribution in [0.25, 0.3) is 0 Å². The molecule has 0 atom stereocenters. The quantitative estimate of drug-likeness (QED) is 0.722. The van der Waals surface area contributed by atoms with Crippen LogP contribution in [-0.2, 0) is 11.3 Å². The van der Waals surface area contributed by atoms with Crippen LogP contribution >= 0.6 is 0 Å². The van der Waals surface area contributed by atoms with Crippen LogP contribution in [0.15, 0.2) is 10.9 Å². The van der Waals surface area contributed by atoms with Crippen molar-refractivity contribution in [2.75, 3.05) is 6.54 Å². The second-order valence-electron chi connectivity index (χ2n) is 3.69. The number of carbonyl (C=O) groups is 1. The van der Waals surface area contributed by atoms with E-state index in [-0.39, 0.29) is 12.5 Å². The predicted molar refractivity (Wildman–Crippen MR) is 53.9 cm³/mol. The Kier molecular flexibility index (Phi) is 3.79. The molecule has 1 aromatic rings. The Balaban J connectivity index is 2.42. The minimum atomic E-state index is -0.585. The maximum Gasteiger partial charge on any atom is 0.240 e.